The van der Waals surface area contributed by atoms with Crippen LogP contribution in [0.4, 0.5) is 4.79 Å². The molecular formula is C20H26N2O2S. The van der Waals surface area contributed by atoms with Crippen molar-refractivity contribution in [3.05, 3.63) is 42.0 Å². The Bertz CT molecular complexity index is 733. The second-order valence-electron chi connectivity index (χ2n) is 6.54. The topological polar surface area (TPSA) is 41.6 Å². The van der Waals surface area contributed by atoms with Crippen LogP contribution in [0.3, 0.4) is 0 Å². The van der Waals surface area contributed by atoms with Gasteiger partial charge in [0.05, 0.1) is 7.11 Å². The molecule has 25 heavy (non-hydrogen) atoms. The highest BCUT2D eigenvalue weighted by molar-refractivity contribution is 7.98. The maximum Gasteiger partial charge on any atom is 0.317 e. The number of nitrogens with zero attached hydrogens (tertiary/aromatic N) is 1. The molecule has 2 aromatic rings. The van der Waals surface area contributed by atoms with Gasteiger partial charge in [0.1, 0.15) is 5.75 Å². The molecule has 4 nitrogen and oxygen atoms in total. The molecule has 0 bridgehead atoms. The first kappa shape index (κ1) is 17.9. The first-order valence-electron chi connectivity index (χ1n) is 8.79. The van der Waals surface area contributed by atoms with Gasteiger partial charge >= 0.3 is 6.03 Å². The molecule has 0 aliphatic carbocycles. The van der Waals surface area contributed by atoms with Crippen LogP contribution in [-0.4, -0.2) is 43.1 Å². The van der Waals surface area contributed by atoms with Crippen LogP contribution in [0.1, 0.15) is 18.4 Å². The van der Waals surface area contributed by atoms with Gasteiger partial charge in [0.25, 0.3) is 0 Å². The molecule has 0 aromatic heterocycles. The van der Waals surface area contributed by atoms with Gasteiger partial charge in [-0.15, -0.1) is 0 Å². The highest BCUT2D eigenvalue weighted by Crippen LogP contribution is 2.28. The fraction of sp³-hybridized carbons (Fsp3) is 0.450. The van der Waals surface area contributed by atoms with Crippen molar-refractivity contribution in [2.75, 3.05) is 32.2 Å². The number of benzene rings is 2. The number of carbonyl (C=O) groups excluding carboxylic acids is 1. The number of likely N-dealkylation sites (tertiary alicyclic amines) is 1. The molecule has 0 radical (unpaired) electrons. The van der Waals surface area contributed by atoms with E-state index in [9.17, 15) is 4.79 Å². The quantitative estimate of drug-likeness (QED) is 0.874. The summed E-state index contributed by atoms with van der Waals surface area (Å²) in [4.78, 5) is 14.6. The second-order valence-corrected chi connectivity index (χ2v) is 7.45. The number of carbonyl (C=O) groups is 1. The monoisotopic (exact) mass is 358 g/mol. The van der Waals surface area contributed by atoms with E-state index < -0.39 is 0 Å². The van der Waals surface area contributed by atoms with Crippen LogP contribution in [-0.2, 0) is 6.54 Å². The number of hydrogen-bond acceptors (Lipinski definition) is 3. The molecule has 0 saturated carbocycles. The largest absolute Gasteiger partial charge is 0.496 e. The first-order valence-corrected chi connectivity index (χ1v) is 10.2. The van der Waals surface area contributed by atoms with Gasteiger partial charge in [0.15, 0.2) is 0 Å². The fourth-order valence-electron chi connectivity index (χ4n) is 3.59. The molecule has 1 atom stereocenters. The lowest BCUT2D eigenvalue weighted by molar-refractivity contribution is 0.170. The van der Waals surface area contributed by atoms with E-state index in [1.807, 2.05) is 34.9 Å². The number of rotatable bonds is 5. The van der Waals surface area contributed by atoms with Crippen molar-refractivity contribution in [3.63, 3.8) is 0 Å². The summed E-state index contributed by atoms with van der Waals surface area (Å²) in [5, 5.41) is 5.38. The van der Waals surface area contributed by atoms with Crippen molar-refractivity contribution in [1.82, 2.24) is 10.2 Å². The molecule has 1 heterocycles. The Hall–Kier alpha value is -1.88. The lowest BCUT2D eigenvalue weighted by Crippen LogP contribution is -2.45. The number of methoxy groups -OCH3 is 1. The molecule has 1 N–H and O–H groups in total. The Kier molecular flexibility index (Phi) is 6.08. The van der Waals surface area contributed by atoms with Crippen LogP contribution in [0.15, 0.2) is 36.4 Å². The smallest absolute Gasteiger partial charge is 0.317 e. The van der Waals surface area contributed by atoms with Crippen molar-refractivity contribution in [3.8, 4) is 5.75 Å². The van der Waals surface area contributed by atoms with E-state index in [0.29, 0.717) is 12.5 Å². The van der Waals surface area contributed by atoms with Gasteiger partial charge in [0, 0.05) is 25.2 Å². The zero-order valence-electron chi connectivity index (χ0n) is 15.0. The van der Waals surface area contributed by atoms with Crippen molar-refractivity contribution >= 4 is 28.6 Å². The standard InChI is InChI=1S/C20H26N2O2S/c1-24-19-10-9-16-7-3-4-8-17(16)18(19)12-21-20(23)22-11-5-6-15(13-22)14-25-2/h3-4,7-10,15H,5-6,11-14H2,1-2H3,(H,21,23)/t15-/m0/s1. The molecular weight excluding hydrogens is 332 g/mol. The van der Waals surface area contributed by atoms with Gasteiger partial charge < -0.3 is 15.0 Å². The molecule has 0 unspecified atom stereocenters. The third-order valence-electron chi connectivity index (χ3n) is 4.84. The summed E-state index contributed by atoms with van der Waals surface area (Å²) in [6.45, 7) is 2.19. The van der Waals surface area contributed by atoms with Crippen LogP contribution in [0.25, 0.3) is 10.8 Å². The van der Waals surface area contributed by atoms with Crippen LogP contribution >= 0.6 is 11.8 Å². The zero-order chi connectivity index (χ0) is 17.6. The summed E-state index contributed by atoms with van der Waals surface area (Å²) in [5.41, 5.74) is 1.03. The predicted molar refractivity (Wildman–Crippen MR) is 105 cm³/mol. The van der Waals surface area contributed by atoms with Gasteiger partial charge in [-0.3, -0.25) is 0 Å². The lowest BCUT2D eigenvalue weighted by Gasteiger charge is -2.32. The van der Waals surface area contributed by atoms with E-state index in [2.05, 4.69) is 29.8 Å². The summed E-state index contributed by atoms with van der Waals surface area (Å²) in [6.07, 6.45) is 4.45. The Balaban J connectivity index is 1.70. The minimum absolute atomic E-state index is 0.0285. The molecule has 2 aromatic carbocycles. The van der Waals surface area contributed by atoms with Gasteiger partial charge in [-0.25, -0.2) is 4.79 Å². The SMILES string of the molecule is COc1ccc2ccccc2c1CNC(=O)N1CCC[C@H](CSC)C1. The summed E-state index contributed by atoms with van der Waals surface area (Å²) >= 11 is 1.86. The van der Waals surface area contributed by atoms with Gasteiger partial charge in [-0.1, -0.05) is 30.3 Å². The third-order valence-corrected chi connectivity index (χ3v) is 5.65. The van der Waals surface area contributed by atoms with E-state index in [1.165, 1.54) is 6.42 Å². The third kappa shape index (κ3) is 4.21. The summed E-state index contributed by atoms with van der Waals surface area (Å²) in [5.74, 6) is 2.56. The zero-order valence-corrected chi connectivity index (χ0v) is 15.8. The van der Waals surface area contributed by atoms with Crippen LogP contribution in [0, 0.1) is 5.92 Å². The molecule has 1 aliphatic rings. The van der Waals surface area contributed by atoms with E-state index in [4.69, 9.17) is 4.74 Å². The molecule has 0 spiro atoms. The summed E-state index contributed by atoms with van der Waals surface area (Å²) in [6, 6.07) is 12.3. The van der Waals surface area contributed by atoms with Gasteiger partial charge in [-0.2, -0.15) is 11.8 Å². The molecule has 1 aliphatic heterocycles. The Labute approximate surface area is 153 Å². The molecule has 134 valence electrons. The number of fused-ring (bicyclic) bond motifs is 1. The van der Waals surface area contributed by atoms with E-state index in [0.717, 1.165) is 47.3 Å². The van der Waals surface area contributed by atoms with Crippen molar-refractivity contribution in [2.45, 2.75) is 19.4 Å². The highest BCUT2D eigenvalue weighted by atomic mass is 32.2. The van der Waals surface area contributed by atoms with E-state index in [-0.39, 0.29) is 6.03 Å². The number of nitrogens with one attached hydrogen (secondary N) is 1. The number of thioether (sulfide) groups is 1. The molecule has 1 saturated heterocycles. The van der Waals surface area contributed by atoms with Crippen LogP contribution in [0.2, 0.25) is 0 Å². The maximum atomic E-state index is 12.6. The fourth-order valence-corrected chi connectivity index (χ4v) is 4.33. The Morgan fingerprint density at radius 3 is 2.96 bits per heavy atom. The number of urea groups is 1. The first-order chi connectivity index (χ1) is 12.2. The van der Waals surface area contributed by atoms with E-state index >= 15 is 0 Å². The Morgan fingerprint density at radius 1 is 1.32 bits per heavy atom. The number of amides is 2. The maximum absolute atomic E-state index is 12.6. The minimum atomic E-state index is 0.0285. The average molecular weight is 359 g/mol. The van der Waals surface area contributed by atoms with Crippen LogP contribution < -0.4 is 10.1 Å². The number of piperidine rings is 1. The molecule has 2 amide bonds. The predicted octanol–water partition coefficient (Wildman–Crippen LogP) is 4.13. The van der Waals surface area contributed by atoms with Crippen molar-refractivity contribution < 1.29 is 9.53 Å². The molecule has 3 rings (SSSR count). The lowest BCUT2D eigenvalue weighted by atomic mass is 10.0. The Morgan fingerprint density at radius 2 is 2.16 bits per heavy atom. The van der Waals surface area contributed by atoms with Gasteiger partial charge in [0.2, 0.25) is 0 Å². The average Bonchev–Trinajstić information content (AvgIpc) is 2.66. The van der Waals surface area contributed by atoms with E-state index in [1.54, 1.807) is 7.11 Å². The minimum Gasteiger partial charge on any atom is -0.496 e. The number of hydrogen-bond donors (Lipinski definition) is 1. The normalized spacial score (nSPS) is 17.5. The second kappa shape index (κ2) is 8.48. The summed E-state index contributed by atoms with van der Waals surface area (Å²) < 4.78 is 5.51. The van der Waals surface area contributed by atoms with Crippen molar-refractivity contribution in [2.24, 2.45) is 5.92 Å². The van der Waals surface area contributed by atoms with Gasteiger partial charge in [-0.05, 0) is 47.6 Å². The molecule has 5 heteroatoms. The van der Waals surface area contributed by atoms with Crippen LogP contribution in [0.5, 0.6) is 5.75 Å². The molecule has 1 fully saturated rings. The van der Waals surface area contributed by atoms with Crippen molar-refractivity contribution in [1.29, 1.82) is 0 Å². The summed E-state index contributed by atoms with van der Waals surface area (Å²) in [7, 11) is 1.67. The number of ether oxygens (including phenoxy) is 1. The highest BCUT2D eigenvalue weighted by Gasteiger charge is 2.23.